The minimum absolute atomic E-state index is 0.0272. The van der Waals surface area contributed by atoms with Crippen LogP contribution < -0.4 is 5.32 Å². The molecule has 2 amide bonds. The topological polar surface area (TPSA) is 88.1 Å². The van der Waals surface area contributed by atoms with Crippen molar-refractivity contribution in [3.63, 3.8) is 0 Å². The number of hydrogen-bond donors (Lipinski definition) is 1. The summed E-state index contributed by atoms with van der Waals surface area (Å²) < 4.78 is 0. The number of aromatic nitrogens is 3. The molecule has 0 fully saturated rings. The van der Waals surface area contributed by atoms with Crippen LogP contribution in [0.1, 0.15) is 52.4 Å². The molecular weight excluding hydrogens is 406 g/mol. The number of carbonyl (C=O) groups is 2. The zero-order valence-electron chi connectivity index (χ0n) is 16.5. The Hall–Kier alpha value is -2.65. The van der Waals surface area contributed by atoms with Gasteiger partial charge in [-0.25, -0.2) is 4.98 Å². The first kappa shape index (κ1) is 19.7. The molecule has 1 aliphatic rings. The van der Waals surface area contributed by atoms with Crippen molar-refractivity contribution in [2.45, 2.75) is 40.3 Å². The molecule has 0 saturated heterocycles. The third-order valence-corrected chi connectivity index (χ3v) is 6.90. The van der Waals surface area contributed by atoms with E-state index in [1.165, 1.54) is 28.2 Å². The van der Waals surface area contributed by atoms with Crippen LogP contribution in [0.15, 0.2) is 17.9 Å². The third kappa shape index (κ3) is 3.92. The predicted molar refractivity (Wildman–Crippen MR) is 112 cm³/mol. The lowest BCUT2D eigenvalue weighted by molar-refractivity contribution is 0.0738. The highest BCUT2D eigenvalue weighted by molar-refractivity contribution is 7.13. The molecule has 0 unspecified atom stereocenters. The third-order valence-electron chi connectivity index (χ3n) is 5.06. The lowest BCUT2D eigenvalue weighted by atomic mass is 9.94. The number of amides is 2. The molecule has 0 saturated carbocycles. The van der Waals surface area contributed by atoms with Crippen LogP contribution in [0.25, 0.3) is 0 Å². The Morgan fingerprint density at radius 1 is 1.21 bits per heavy atom. The van der Waals surface area contributed by atoms with Gasteiger partial charge in [0.25, 0.3) is 11.8 Å². The van der Waals surface area contributed by atoms with Crippen LogP contribution in [0.4, 0.5) is 0 Å². The average Bonchev–Trinajstić information content (AvgIpc) is 3.35. The number of thiazole rings is 2. The smallest absolute Gasteiger partial charge is 0.266 e. The molecule has 0 aromatic carbocycles. The maximum atomic E-state index is 13.0. The van der Waals surface area contributed by atoms with Gasteiger partial charge in [0, 0.05) is 31.5 Å². The van der Waals surface area contributed by atoms with Gasteiger partial charge < -0.3 is 10.2 Å². The number of fused-ring (bicyclic) bond motifs is 1. The average molecular weight is 428 g/mol. The summed E-state index contributed by atoms with van der Waals surface area (Å²) in [7, 11) is 0. The van der Waals surface area contributed by atoms with E-state index in [9.17, 15) is 9.59 Å². The number of nitrogens with zero attached hydrogens (tertiary/aromatic N) is 4. The lowest BCUT2D eigenvalue weighted by Gasteiger charge is -2.30. The maximum absolute atomic E-state index is 13.0. The van der Waals surface area contributed by atoms with Crippen LogP contribution in [-0.2, 0) is 19.5 Å². The number of carbonyl (C=O) groups excluding carboxylic acids is 2. The SMILES string of the molecule is Cc1nc(C)c(C(=O)N2CCc3c(cnc(C)c3CNC(=O)c3cncs3)C2)s1. The first-order chi connectivity index (χ1) is 13.9. The molecule has 0 bridgehead atoms. The first-order valence-electron chi connectivity index (χ1n) is 9.30. The summed E-state index contributed by atoms with van der Waals surface area (Å²) in [5.41, 5.74) is 6.60. The molecule has 4 rings (SSSR count). The van der Waals surface area contributed by atoms with Gasteiger partial charge in [0.2, 0.25) is 0 Å². The van der Waals surface area contributed by atoms with E-state index in [2.05, 4.69) is 20.3 Å². The summed E-state index contributed by atoms with van der Waals surface area (Å²) in [5.74, 6) is -0.104. The van der Waals surface area contributed by atoms with E-state index in [0.29, 0.717) is 29.4 Å². The molecule has 0 aliphatic carbocycles. The van der Waals surface area contributed by atoms with E-state index >= 15 is 0 Å². The summed E-state index contributed by atoms with van der Waals surface area (Å²) in [6.45, 7) is 7.33. The molecule has 9 heteroatoms. The van der Waals surface area contributed by atoms with Crippen LogP contribution >= 0.6 is 22.7 Å². The van der Waals surface area contributed by atoms with Crippen LogP contribution in [0, 0.1) is 20.8 Å². The van der Waals surface area contributed by atoms with Crippen LogP contribution in [0.5, 0.6) is 0 Å². The van der Waals surface area contributed by atoms with Crippen molar-refractivity contribution < 1.29 is 9.59 Å². The minimum atomic E-state index is -0.131. The van der Waals surface area contributed by atoms with Crippen molar-refractivity contribution >= 4 is 34.5 Å². The highest BCUT2D eigenvalue weighted by atomic mass is 32.1. The molecule has 0 atom stereocenters. The Morgan fingerprint density at radius 2 is 2.03 bits per heavy atom. The highest BCUT2D eigenvalue weighted by Gasteiger charge is 2.27. The van der Waals surface area contributed by atoms with Crippen molar-refractivity contribution in [1.29, 1.82) is 0 Å². The molecular formula is C20H21N5O2S2. The Labute approximate surface area is 176 Å². The van der Waals surface area contributed by atoms with Gasteiger partial charge in [-0.05, 0) is 43.9 Å². The standard InChI is InChI=1S/C20H21N5O2S2/c1-11-16(7-23-19(26)17-8-21-10-28-17)15-4-5-25(9-14(15)6-22-11)20(27)18-12(2)24-13(3)29-18/h6,8,10H,4-5,7,9H2,1-3H3,(H,23,26). The van der Waals surface area contributed by atoms with Crippen molar-refractivity contribution in [1.82, 2.24) is 25.2 Å². The van der Waals surface area contributed by atoms with E-state index in [1.807, 2.05) is 31.9 Å². The number of nitrogens with one attached hydrogen (secondary N) is 1. The van der Waals surface area contributed by atoms with E-state index in [1.54, 1.807) is 11.7 Å². The van der Waals surface area contributed by atoms with Crippen LogP contribution in [0.3, 0.4) is 0 Å². The fourth-order valence-electron chi connectivity index (χ4n) is 3.59. The second-order valence-corrected chi connectivity index (χ2v) is 9.09. The fraction of sp³-hybridized carbons (Fsp3) is 0.350. The Bertz CT molecular complexity index is 1070. The molecule has 150 valence electrons. The summed E-state index contributed by atoms with van der Waals surface area (Å²) in [6.07, 6.45) is 4.16. The van der Waals surface area contributed by atoms with E-state index in [0.717, 1.165) is 33.9 Å². The largest absolute Gasteiger partial charge is 0.347 e. The van der Waals surface area contributed by atoms with Crippen molar-refractivity contribution in [2.24, 2.45) is 0 Å². The molecule has 1 aliphatic heterocycles. The van der Waals surface area contributed by atoms with Gasteiger partial charge in [-0.3, -0.25) is 19.6 Å². The Balaban J connectivity index is 1.52. The van der Waals surface area contributed by atoms with Crippen molar-refractivity contribution in [2.75, 3.05) is 6.54 Å². The number of aryl methyl sites for hydroxylation is 3. The zero-order valence-corrected chi connectivity index (χ0v) is 18.1. The van der Waals surface area contributed by atoms with Gasteiger partial charge in [-0.2, -0.15) is 0 Å². The van der Waals surface area contributed by atoms with Gasteiger partial charge in [0.15, 0.2) is 0 Å². The number of rotatable bonds is 4. The van der Waals surface area contributed by atoms with Crippen molar-refractivity contribution in [3.05, 3.63) is 60.7 Å². The number of pyridine rings is 1. The second kappa shape index (κ2) is 8.00. The van der Waals surface area contributed by atoms with Gasteiger partial charge in [0.1, 0.15) is 9.75 Å². The molecule has 3 aromatic rings. The summed E-state index contributed by atoms with van der Waals surface area (Å²) in [6, 6.07) is 0. The summed E-state index contributed by atoms with van der Waals surface area (Å²) >= 11 is 2.76. The van der Waals surface area contributed by atoms with Gasteiger partial charge in [-0.1, -0.05) is 0 Å². The van der Waals surface area contributed by atoms with E-state index in [4.69, 9.17) is 0 Å². The highest BCUT2D eigenvalue weighted by Crippen LogP contribution is 2.27. The molecule has 0 radical (unpaired) electrons. The Kier molecular flexibility index (Phi) is 5.42. The zero-order chi connectivity index (χ0) is 20.5. The fourth-order valence-corrected chi connectivity index (χ4v) is 5.01. The minimum Gasteiger partial charge on any atom is -0.347 e. The predicted octanol–water partition coefficient (Wildman–Crippen LogP) is 3.05. The van der Waals surface area contributed by atoms with Gasteiger partial charge >= 0.3 is 0 Å². The molecule has 0 spiro atoms. The second-order valence-electron chi connectivity index (χ2n) is 7.00. The van der Waals surface area contributed by atoms with E-state index < -0.39 is 0 Å². The monoisotopic (exact) mass is 427 g/mol. The molecule has 7 nitrogen and oxygen atoms in total. The normalized spacial score (nSPS) is 13.3. The summed E-state index contributed by atoms with van der Waals surface area (Å²) in [4.78, 5) is 41.2. The molecule has 4 heterocycles. The lowest BCUT2D eigenvalue weighted by Crippen LogP contribution is -2.37. The molecule has 1 N–H and O–H groups in total. The summed E-state index contributed by atoms with van der Waals surface area (Å²) in [5, 5.41) is 3.87. The van der Waals surface area contributed by atoms with Gasteiger partial charge in [0.05, 0.1) is 22.4 Å². The van der Waals surface area contributed by atoms with Crippen LogP contribution in [0.2, 0.25) is 0 Å². The van der Waals surface area contributed by atoms with Crippen LogP contribution in [-0.4, -0.2) is 38.2 Å². The van der Waals surface area contributed by atoms with Crippen molar-refractivity contribution in [3.8, 4) is 0 Å². The Morgan fingerprint density at radius 3 is 2.72 bits per heavy atom. The molecule has 3 aromatic heterocycles. The maximum Gasteiger partial charge on any atom is 0.266 e. The van der Waals surface area contributed by atoms with E-state index in [-0.39, 0.29) is 11.8 Å². The quantitative estimate of drug-likeness (QED) is 0.691. The molecule has 29 heavy (non-hydrogen) atoms. The first-order valence-corrected chi connectivity index (χ1v) is 11.0. The van der Waals surface area contributed by atoms with Gasteiger partial charge in [-0.15, -0.1) is 22.7 Å². The number of hydrogen-bond acceptors (Lipinski definition) is 7.